The van der Waals surface area contributed by atoms with E-state index in [1.54, 1.807) is 18.7 Å². The zero-order valence-corrected chi connectivity index (χ0v) is 17.3. The van der Waals surface area contributed by atoms with Crippen molar-refractivity contribution in [2.45, 2.75) is 37.5 Å². The van der Waals surface area contributed by atoms with Crippen molar-refractivity contribution in [3.8, 4) is 0 Å². The van der Waals surface area contributed by atoms with Crippen LogP contribution in [-0.2, 0) is 6.54 Å². The van der Waals surface area contributed by atoms with E-state index in [1.807, 2.05) is 30.5 Å². The Morgan fingerprint density at radius 1 is 1.21 bits per heavy atom. The van der Waals surface area contributed by atoms with Crippen molar-refractivity contribution in [3.05, 3.63) is 51.2 Å². The molecule has 3 rings (SSSR count). The van der Waals surface area contributed by atoms with Crippen LogP contribution in [0.3, 0.4) is 0 Å². The van der Waals surface area contributed by atoms with Gasteiger partial charge in [-0.3, -0.25) is 9.36 Å². The molecule has 0 unspecified atom stereocenters. The fraction of sp³-hybridized carbons (Fsp3) is 0.333. The van der Waals surface area contributed by atoms with Crippen LogP contribution in [0.15, 0.2) is 34.0 Å². The number of nitrogens with zero attached hydrogens (tertiary/aromatic N) is 4. The number of hydrogen-bond donors (Lipinski definition) is 1. The molecule has 0 aliphatic heterocycles. The van der Waals surface area contributed by atoms with Gasteiger partial charge >= 0.3 is 6.18 Å². The normalized spacial score (nSPS) is 12.9. The topological polar surface area (TPSA) is 72.7 Å². The van der Waals surface area contributed by atoms with Gasteiger partial charge in [0.1, 0.15) is 11.6 Å². The summed E-state index contributed by atoms with van der Waals surface area (Å²) in [5.41, 5.74) is 0.00819. The summed E-state index contributed by atoms with van der Waals surface area (Å²) in [5.74, 6) is -0.212. The minimum absolute atomic E-state index is 0.0744. The van der Waals surface area contributed by atoms with Gasteiger partial charge in [0.25, 0.3) is 5.56 Å². The lowest BCUT2D eigenvalue weighted by Crippen LogP contribution is -2.35. The maximum atomic E-state index is 13.4. The van der Waals surface area contributed by atoms with E-state index in [0.717, 1.165) is 17.4 Å². The Kier molecular flexibility index (Phi) is 6.04. The molecule has 0 radical (unpaired) electrons. The van der Waals surface area contributed by atoms with Gasteiger partial charge in [0.05, 0.1) is 5.69 Å². The van der Waals surface area contributed by atoms with Crippen LogP contribution in [0.25, 0.3) is 11.2 Å². The highest BCUT2D eigenvalue weighted by molar-refractivity contribution is 7.98. The number of aromatic nitrogens is 4. The molecule has 0 aliphatic carbocycles. The monoisotopic (exact) mass is 443 g/mol. The van der Waals surface area contributed by atoms with Crippen molar-refractivity contribution in [2.24, 2.45) is 0 Å². The van der Waals surface area contributed by atoms with E-state index in [-0.39, 0.29) is 34.5 Å². The Morgan fingerprint density at radius 3 is 2.45 bits per heavy atom. The molecular weight excluding hydrogens is 427 g/mol. The number of rotatable bonds is 5. The number of thioether (sulfide) groups is 1. The lowest BCUT2D eigenvalue weighted by Gasteiger charge is -2.21. The van der Waals surface area contributed by atoms with Gasteiger partial charge in [-0.05, 0) is 49.4 Å². The van der Waals surface area contributed by atoms with Gasteiger partial charge in [0, 0.05) is 11.4 Å². The highest BCUT2D eigenvalue weighted by Gasteiger charge is 2.39. The molecular formula is C18H17ClF3N5OS. The first-order chi connectivity index (χ1) is 13.6. The van der Waals surface area contributed by atoms with Gasteiger partial charge in [0.15, 0.2) is 11.5 Å². The fourth-order valence-electron chi connectivity index (χ4n) is 2.74. The van der Waals surface area contributed by atoms with Crippen molar-refractivity contribution in [1.82, 2.24) is 19.5 Å². The molecule has 6 nitrogen and oxygen atoms in total. The standard InChI is InChI=1S/C18H17ClF3N5OS/c1-9-13-15(26-17(19)24-9)27(10(2)18(20,21)22)16(28)14(25-13)23-8-11-4-6-12(29-3)7-5-11/h4-7,10H,8H2,1-3H3,(H,23,25)/t10-/m0/s1. The molecule has 1 atom stereocenters. The van der Waals surface area contributed by atoms with Crippen LogP contribution in [0, 0.1) is 6.92 Å². The van der Waals surface area contributed by atoms with Gasteiger partial charge in [-0.15, -0.1) is 11.8 Å². The first-order valence-corrected chi connectivity index (χ1v) is 10.1. The van der Waals surface area contributed by atoms with Crippen LogP contribution in [0.2, 0.25) is 5.28 Å². The Labute approximate surface area is 173 Å². The van der Waals surface area contributed by atoms with E-state index >= 15 is 0 Å². The molecule has 3 aromatic rings. The van der Waals surface area contributed by atoms with Crippen LogP contribution >= 0.6 is 23.4 Å². The van der Waals surface area contributed by atoms with Crippen LogP contribution in [0.1, 0.15) is 24.2 Å². The molecule has 0 aliphatic rings. The molecule has 1 aromatic carbocycles. The summed E-state index contributed by atoms with van der Waals surface area (Å²) in [7, 11) is 0. The van der Waals surface area contributed by atoms with E-state index in [0.29, 0.717) is 4.57 Å². The molecule has 2 aromatic heterocycles. The summed E-state index contributed by atoms with van der Waals surface area (Å²) >= 11 is 7.40. The molecule has 0 saturated heterocycles. The Hall–Kier alpha value is -2.33. The Balaban J connectivity index is 2.09. The summed E-state index contributed by atoms with van der Waals surface area (Å²) in [4.78, 5) is 25.9. The van der Waals surface area contributed by atoms with E-state index in [4.69, 9.17) is 11.6 Å². The molecule has 1 N–H and O–H groups in total. The van der Waals surface area contributed by atoms with E-state index in [1.165, 1.54) is 0 Å². The molecule has 29 heavy (non-hydrogen) atoms. The van der Waals surface area contributed by atoms with Crippen LogP contribution < -0.4 is 10.9 Å². The van der Waals surface area contributed by atoms with Gasteiger partial charge < -0.3 is 5.32 Å². The van der Waals surface area contributed by atoms with E-state index < -0.39 is 17.8 Å². The van der Waals surface area contributed by atoms with E-state index in [9.17, 15) is 18.0 Å². The SMILES string of the molecule is CSc1ccc(CNc2nc3c(C)nc(Cl)nc3n([C@@H](C)C(F)(F)F)c2=O)cc1. The number of benzene rings is 1. The number of hydrogen-bond acceptors (Lipinski definition) is 6. The third-order valence-corrected chi connectivity index (χ3v) is 5.28. The molecule has 11 heteroatoms. The Morgan fingerprint density at radius 2 is 1.86 bits per heavy atom. The zero-order chi connectivity index (χ0) is 21.3. The molecule has 0 amide bonds. The van der Waals surface area contributed by atoms with Gasteiger partial charge in [-0.1, -0.05) is 12.1 Å². The van der Waals surface area contributed by atoms with Crippen molar-refractivity contribution < 1.29 is 13.2 Å². The first kappa shape index (κ1) is 21.4. The van der Waals surface area contributed by atoms with Crippen molar-refractivity contribution >= 4 is 40.3 Å². The lowest BCUT2D eigenvalue weighted by atomic mass is 10.2. The Bertz CT molecular complexity index is 1100. The average molecular weight is 444 g/mol. The largest absolute Gasteiger partial charge is 0.409 e. The highest BCUT2D eigenvalue weighted by Crippen LogP contribution is 2.31. The first-order valence-electron chi connectivity index (χ1n) is 8.51. The lowest BCUT2D eigenvalue weighted by molar-refractivity contribution is -0.162. The maximum absolute atomic E-state index is 13.4. The van der Waals surface area contributed by atoms with Gasteiger partial charge in [0.2, 0.25) is 5.28 Å². The van der Waals surface area contributed by atoms with Crippen LogP contribution in [-0.4, -0.2) is 32.0 Å². The molecule has 2 heterocycles. The predicted molar refractivity (Wildman–Crippen MR) is 108 cm³/mol. The van der Waals surface area contributed by atoms with Crippen LogP contribution in [0.5, 0.6) is 0 Å². The summed E-state index contributed by atoms with van der Waals surface area (Å²) in [6.07, 6.45) is -2.71. The summed E-state index contributed by atoms with van der Waals surface area (Å²) < 4.78 is 40.8. The molecule has 0 bridgehead atoms. The smallest absolute Gasteiger partial charge is 0.361 e. The second-order valence-electron chi connectivity index (χ2n) is 6.31. The number of halogens is 4. The summed E-state index contributed by atoms with van der Waals surface area (Å²) in [5, 5.41) is 2.58. The summed E-state index contributed by atoms with van der Waals surface area (Å²) in [6.45, 7) is 2.65. The van der Waals surface area contributed by atoms with E-state index in [2.05, 4.69) is 20.3 Å². The quantitative estimate of drug-likeness (QED) is 0.458. The second kappa shape index (κ2) is 8.19. The summed E-state index contributed by atoms with van der Waals surface area (Å²) in [6, 6.07) is 5.45. The number of alkyl halides is 3. The number of fused-ring (bicyclic) bond motifs is 1. The second-order valence-corrected chi connectivity index (χ2v) is 7.52. The van der Waals surface area contributed by atoms with Gasteiger partial charge in [-0.2, -0.15) is 18.2 Å². The number of aryl methyl sites for hydroxylation is 1. The molecule has 0 fully saturated rings. The fourth-order valence-corrected chi connectivity index (χ4v) is 3.35. The number of anilines is 1. The maximum Gasteiger partial charge on any atom is 0.409 e. The van der Waals surface area contributed by atoms with Crippen LogP contribution in [0.4, 0.5) is 19.0 Å². The predicted octanol–water partition coefficient (Wildman–Crippen LogP) is 4.61. The minimum Gasteiger partial charge on any atom is -0.361 e. The average Bonchev–Trinajstić information content (AvgIpc) is 2.66. The molecule has 0 saturated carbocycles. The number of nitrogens with one attached hydrogen (secondary N) is 1. The minimum atomic E-state index is -4.66. The molecule has 0 spiro atoms. The van der Waals surface area contributed by atoms with Crippen molar-refractivity contribution in [3.63, 3.8) is 0 Å². The van der Waals surface area contributed by atoms with Crippen molar-refractivity contribution in [2.75, 3.05) is 11.6 Å². The molecule has 154 valence electrons. The van der Waals surface area contributed by atoms with Crippen molar-refractivity contribution in [1.29, 1.82) is 0 Å². The third-order valence-electron chi connectivity index (χ3n) is 4.37. The zero-order valence-electron chi connectivity index (χ0n) is 15.7. The third kappa shape index (κ3) is 4.48. The highest BCUT2D eigenvalue weighted by atomic mass is 35.5. The van der Waals surface area contributed by atoms with Gasteiger partial charge in [-0.25, -0.2) is 9.97 Å².